The van der Waals surface area contributed by atoms with Crippen LogP contribution in [-0.4, -0.2) is 76.4 Å². The second-order valence-electron chi connectivity index (χ2n) is 16.9. The summed E-state index contributed by atoms with van der Waals surface area (Å²) in [6, 6.07) is 0. The van der Waals surface area contributed by atoms with Gasteiger partial charge in [0.05, 0.1) is 12.9 Å². The number of sulfonamides is 1. The molecule has 0 amide bonds. The quantitative estimate of drug-likeness (QED) is 0.0267. The van der Waals surface area contributed by atoms with Crippen LogP contribution in [0.3, 0.4) is 0 Å². The molecule has 0 radical (unpaired) electrons. The summed E-state index contributed by atoms with van der Waals surface area (Å²) < 4.78 is 36.6. The highest BCUT2D eigenvalue weighted by atomic mass is 32.2. The van der Waals surface area contributed by atoms with E-state index in [0.29, 0.717) is 26.0 Å². The number of carbonyl (C=O) groups excluding carboxylic acids is 2. The van der Waals surface area contributed by atoms with Gasteiger partial charge in [-0.3, -0.25) is 19.3 Å². The predicted molar refractivity (Wildman–Crippen MR) is 246 cm³/mol. The summed E-state index contributed by atoms with van der Waals surface area (Å²) >= 11 is 0. The van der Waals surface area contributed by atoms with Crippen molar-refractivity contribution >= 4 is 27.9 Å². The van der Waals surface area contributed by atoms with E-state index in [4.69, 9.17) is 15.2 Å². The summed E-state index contributed by atoms with van der Waals surface area (Å²) in [4.78, 5) is 31.6. The molecule has 0 saturated carbocycles. The minimum atomic E-state index is -3.43. The van der Waals surface area contributed by atoms with Gasteiger partial charge in [0.15, 0.2) is 0 Å². The number of hydrogen-bond acceptors (Lipinski definition) is 8. The topological polar surface area (TPSA) is 140 Å². The number of aliphatic imine (C=N–C) groups is 1. The van der Waals surface area contributed by atoms with Crippen molar-refractivity contribution < 1.29 is 27.5 Å². The van der Waals surface area contributed by atoms with Crippen molar-refractivity contribution in [1.29, 1.82) is 0 Å². The van der Waals surface area contributed by atoms with E-state index in [1.54, 1.807) is 0 Å². The van der Waals surface area contributed by atoms with E-state index in [2.05, 4.69) is 35.4 Å². The van der Waals surface area contributed by atoms with Crippen LogP contribution >= 0.6 is 0 Å². The third kappa shape index (κ3) is 42.3. The van der Waals surface area contributed by atoms with E-state index < -0.39 is 10.0 Å². The highest BCUT2D eigenvalue weighted by Gasteiger charge is 2.14. The minimum Gasteiger partial charge on any atom is -0.466 e. The van der Waals surface area contributed by atoms with Crippen molar-refractivity contribution in [1.82, 2.24) is 9.62 Å². The molecule has 344 valence electrons. The van der Waals surface area contributed by atoms with Gasteiger partial charge in [-0.05, 0) is 83.8 Å². The van der Waals surface area contributed by atoms with Gasteiger partial charge in [0, 0.05) is 19.4 Å². The van der Waals surface area contributed by atoms with E-state index in [1.807, 2.05) is 0 Å². The van der Waals surface area contributed by atoms with E-state index >= 15 is 0 Å². The lowest BCUT2D eigenvalue weighted by Crippen LogP contribution is -2.36. The lowest BCUT2D eigenvalue weighted by Gasteiger charge is -2.22. The molecule has 58 heavy (non-hydrogen) atoms. The smallest absolute Gasteiger partial charge is 0.306 e. The van der Waals surface area contributed by atoms with Gasteiger partial charge in [0.2, 0.25) is 16.0 Å². The molecule has 0 aromatic carbocycles. The van der Waals surface area contributed by atoms with E-state index in [1.165, 1.54) is 96.3 Å². The number of guanidine groups is 1. The Kier molecular flexibility index (Phi) is 40.5. The normalized spacial score (nSPS) is 12.1. The third-order valence-corrected chi connectivity index (χ3v) is 11.6. The van der Waals surface area contributed by atoms with Gasteiger partial charge in [0.25, 0.3) is 0 Å². The molecule has 10 nitrogen and oxygen atoms in total. The Labute approximate surface area is 358 Å². The zero-order chi connectivity index (χ0) is 42.8. The zero-order valence-corrected chi connectivity index (χ0v) is 39.3. The molecule has 0 spiro atoms. The molecule has 0 aromatic heterocycles. The molecule has 0 aromatic rings. The average molecular weight is 843 g/mol. The van der Waals surface area contributed by atoms with Crippen LogP contribution < -0.4 is 10.5 Å². The summed E-state index contributed by atoms with van der Waals surface area (Å²) in [5.74, 6) is -0.133. The molecule has 0 unspecified atom stereocenters. The summed E-state index contributed by atoms with van der Waals surface area (Å²) in [5.41, 5.74) is 5.73. The number of nitrogens with two attached hydrogens (primary N) is 1. The highest BCUT2D eigenvalue weighted by Crippen LogP contribution is 2.19. The molecule has 0 rings (SSSR count). The van der Waals surface area contributed by atoms with Crippen molar-refractivity contribution in [2.75, 3.05) is 39.0 Å². The number of nitrogens with one attached hydrogen (secondary N) is 1. The van der Waals surface area contributed by atoms with Crippen LogP contribution in [-0.2, 0) is 29.1 Å². The lowest BCUT2D eigenvalue weighted by atomic mass is 10.0. The molecule has 0 heterocycles. The van der Waals surface area contributed by atoms with Gasteiger partial charge in [0.1, 0.15) is 6.10 Å². The average Bonchev–Trinajstić information content (AvgIpc) is 3.18. The standard InChI is InChI=1S/C47H94N4O6S/c1-5-8-11-14-17-26-33-43-56-45(52)37-29-22-18-24-31-40-51(42-34-39-49-47(48)50-58(4,54)55)41-32-25-19-23-30-38-46(53)57-44(35-27-20-15-12-9-6-2)36-28-21-16-13-10-7-3/h44H,5-43H2,1-4H3,(H3,48,49,50). The number of carbonyl (C=O) groups is 2. The van der Waals surface area contributed by atoms with Crippen LogP contribution in [0.5, 0.6) is 0 Å². The first-order chi connectivity index (χ1) is 28.1. The van der Waals surface area contributed by atoms with E-state index in [0.717, 1.165) is 135 Å². The molecule has 3 N–H and O–H groups in total. The van der Waals surface area contributed by atoms with Crippen LogP contribution in [0, 0.1) is 0 Å². The van der Waals surface area contributed by atoms with Gasteiger partial charge >= 0.3 is 11.9 Å². The van der Waals surface area contributed by atoms with Crippen molar-refractivity contribution in [3.8, 4) is 0 Å². The Morgan fingerprint density at radius 2 is 0.948 bits per heavy atom. The summed E-state index contributed by atoms with van der Waals surface area (Å²) in [5, 5.41) is 0. The van der Waals surface area contributed by atoms with Gasteiger partial charge in [-0.25, -0.2) is 8.42 Å². The number of rotatable bonds is 44. The van der Waals surface area contributed by atoms with Crippen LogP contribution in [0.2, 0.25) is 0 Å². The largest absolute Gasteiger partial charge is 0.466 e. The van der Waals surface area contributed by atoms with Gasteiger partial charge in [-0.2, -0.15) is 0 Å². The van der Waals surface area contributed by atoms with Crippen LogP contribution in [0.15, 0.2) is 4.99 Å². The zero-order valence-electron chi connectivity index (χ0n) is 38.5. The molecule has 0 bridgehead atoms. The highest BCUT2D eigenvalue weighted by molar-refractivity contribution is 7.89. The summed E-state index contributed by atoms with van der Waals surface area (Å²) in [7, 11) is -3.43. The fraction of sp³-hybridized carbons (Fsp3) is 0.936. The Morgan fingerprint density at radius 3 is 1.43 bits per heavy atom. The molecule has 0 fully saturated rings. The summed E-state index contributed by atoms with van der Waals surface area (Å²) in [6.07, 6.45) is 39.3. The number of esters is 2. The molecular weight excluding hydrogens is 749 g/mol. The first-order valence-corrected chi connectivity index (χ1v) is 26.4. The predicted octanol–water partition coefficient (Wildman–Crippen LogP) is 11.9. The van der Waals surface area contributed by atoms with Crippen molar-refractivity contribution in [3.63, 3.8) is 0 Å². The number of nitrogens with zero attached hydrogens (tertiary/aromatic N) is 2. The molecule has 0 saturated heterocycles. The van der Waals surface area contributed by atoms with Crippen molar-refractivity contribution in [2.45, 2.75) is 245 Å². The maximum Gasteiger partial charge on any atom is 0.306 e. The van der Waals surface area contributed by atoms with Gasteiger partial charge in [-0.15, -0.1) is 0 Å². The fourth-order valence-corrected chi connectivity index (χ4v) is 7.90. The first-order valence-electron chi connectivity index (χ1n) is 24.5. The molecule has 11 heteroatoms. The van der Waals surface area contributed by atoms with Gasteiger partial charge in [-0.1, -0.05) is 162 Å². The first kappa shape index (κ1) is 56.1. The summed E-state index contributed by atoms with van der Waals surface area (Å²) in [6.45, 7) is 10.7. The fourth-order valence-electron chi connectivity index (χ4n) is 7.45. The van der Waals surface area contributed by atoms with Crippen LogP contribution in [0.4, 0.5) is 0 Å². The van der Waals surface area contributed by atoms with Gasteiger partial charge < -0.3 is 20.1 Å². The lowest BCUT2D eigenvalue weighted by molar-refractivity contribution is -0.150. The van der Waals surface area contributed by atoms with Crippen LogP contribution in [0.1, 0.15) is 239 Å². The Bertz CT molecular complexity index is 1060. The Hall–Kier alpha value is -1.88. The molecule has 0 aliphatic rings. The molecule has 0 aliphatic heterocycles. The van der Waals surface area contributed by atoms with Crippen molar-refractivity contribution in [2.24, 2.45) is 10.7 Å². The monoisotopic (exact) mass is 843 g/mol. The maximum absolute atomic E-state index is 12.8. The van der Waals surface area contributed by atoms with E-state index in [9.17, 15) is 18.0 Å². The molecular formula is C47H94N4O6S. The Morgan fingerprint density at radius 1 is 0.552 bits per heavy atom. The SMILES string of the molecule is CCCCCCCCCOC(=O)CCCCCCCN(CCCCCCCC(=O)OC(CCCCCCCC)CCCCCCCC)CCCN=C(N)NS(C)(=O)=O. The minimum absolute atomic E-state index is 0.0121. The van der Waals surface area contributed by atoms with E-state index in [-0.39, 0.29) is 24.0 Å². The number of hydrogen-bond donors (Lipinski definition) is 2. The van der Waals surface area contributed by atoms with Crippen LogP contribution in [0.25, 0.3) is 0 Å². The Balaban J connectivity index is 4.49. The van der Waals surface area contributed by atoms with Crippen molar-refractivity contribution in [3.05, 3.63) is 0 Å². The number of ether oxygens (including phenoxy) is 2. The third-order valence-electron chi connectivity index (χ3n) is 11.0. The second kappa shape index (κ2) is 41.8. The molecule has 0 aliphatic carbocycles. The molecule has 0 atom stereocenters. The number of unbranched alkanes of at least 4 members (excludes halogenated alkanes) is 24. The maximum atomic E-state index is 12.8. The second-order valence-corrected chi connectivity index (χ2v) is 18.7.